The third-order valence-corrected chi connectivity index (χ3v) is 4.63. The molecule has 0 atom stereocenters. The van der Waals surface area contributed by atoms with Crippen LogP contribution in [0.1, 0.15) is 15.9 Å². The molecule has 0 spiro atoms. The first-order valence-corrected chi connectivity index (χ1v) is 8.30. The van der Waals surface area contributed by atoms with E-state index in [1.807, 2.05) is 0 Å². The van der Waals surface area contributed by atoms with Crippen LogP contribution in [0.3, 0.4) is 0 Å². The molecule has 3 aromatic carbocycles. The normalized spacial score (nSPS) is 10.4. The number of hydrogen-bond donors (Lipinski definition) is 3. The first-order chi connectivity index (χ1) is 12.5. The second-order valence-electron chi connectivity index (χ2n) is 5.58. The Kier molecular flexibility index (Phi) is 7.51. The number of hydrogen-bond acceptors (Lipinski definition) is 7. The summed E-state index contributed by atoms with van der Waals surface area (Å²) < 4.78 is 4.34. The monoisotopic (exact) mass is 394 g/mol. The Labute approximate surface area is 181 Å². The number of phenolic OH excluding ortho intramolecular Hbond substituents is 1. The Hall–Kier alpha value is -1.78. The molecule has 0 fully saturated rings. The molecule has 9 heteroatoms. The van der Waals surface area contributed by atoms with Crippen LogP contribution >= 0.6 is 12.0 Å². The van der Waals surface area contributed by atoms with Crippen molar-refractivity contribution in [2.45, 2.75) is 11.8 Å². The molecular weight excluding hydrogens is 379 g/mol. The number of nitrogens with one attached hydrogen (secondary N) is 1. The third kappa shape index (κ3) is 4.94. The number of anilines is 2. The minimum absolute atomic E-state index is 0. The molecule has 4 N–H and O–H groups in total. The predicted octanol–water partition coefficient (Wildman–Crippen LogP) is -0.0771. The Morgan fingerprint density at radius 2 is 1.89 bits per heavy atom. The van der Waals surface area contributed by atoms with Gasteiger partial charge in [-0.3, -0.25) is 9.83 Å². The maximum absolute atomic E-state index is 12.3. The average Bonchev–Trinajstić information content (AvgIpc) is 2.64. The average molecular weight is 394 g/mol. The fourth-order valence-corrected chi connectivity index (χ4v) is 3.02. The van der Waals surface area contributed by atoms with E-state index in [0.717, 1.165) is 0 Å². The topological polar surface area (TPSA) is 117 Å². The molecule has 0 bridgehead atoms. The number of carbonyl (C=O) groups is 1. The number of nitrogen functional groups attached to an aromatic ring is 1. The van der Waals surface area contributed by atoms with Crippen LogP contribution in [0.5, 0.6) is 5.75 Å². The van der Waals surface area contributed by atoms with Gasteiger partial charge >= 0.3 is 29.6 Å². The van der Waals surface area contributed by atoms with Crippen molar-refractivity contribution in [1.29, 1.82) is 0 Å². The van der Waals surface area contributed by atoms with E-state index in [9.17, 15) is 15.2 Å². The van der Waals surface area contributed by atoms with Crippen molar-refractivity contribution in [1.82, 2.24) is 0 Å². The number of phenols is 1. The van der Waals surface area contributed by atoms with E-state index in [2.05, 4.69) is 14.7 Å². The van der Waals surface area contributed by atoms with E-state index < -0.39 is 0 Å². The summed E-state index contributed by atoms with van der Waals surface area (Å²) in [6, 6.07) is 13.4. The second kappa shape index (κ2) is 9.43. The zero-order valence-corrected chi connectivity index (χ0v) is 17.5. The minimum Gasteiger partial charge on any atom is -0.691 e. The van der Waals surface area contributed by atoms with Gasteiger partial charge in [0, 0.05) is 32.8 Å². The molecule has 3 aromatic rings. The van der Waals surface area contributed by atoms with Crippen LogP contribution in [0.4, 0.5) is 11.4 Å². The van der Waals surface area contributed by atoms with Crippen molar-refractivity contribution < 1.29 is 54.1 Å². The van der Waals surface area contributed by atoms with Crippen LogP contribution in [-0.4, -0.2) is 11.0 Å². The molecule has 27 heavy (non-hydrogen) atoms. The molecule has 0 saturated carbocycles. The Morgan fingerprint density at radius 3 is 2.56 bits per heavy atom. The molecule has 0 aliphatic heterocycles. The number of amides is 1. The number of rotatable bonds is 5. The van der Waals surface area contributed by atoms with E-state index in [1.54, 1.807) is 55.5 Å². The molecule has 134 valence electrons. The largest absolute Gasteiger partial charge is 1.00 e. The summed E-state index contributed by atoms with van der Waals surface area (Å²) in [5.41, 5.74) is 7.78. The summed E-state index contributed by atoms with van der Waals surface area (Å²) in [6.07, 6.45) is 0. The first kappa shape index (κ1) is 21.5. The van der Waals surface area contributed by atoms with E-state index in [-0.39, 0.29) is 41.2 Å². The van der Waals surface area contributed by atoms with Crippen LogP contribution in [0, 0.1) is 6.92 Å². The van der Waals surface area contributed by atoms with Crippen LogP contribution in [0.15, 0.2) is 53.4 Å². The standard InChI is InChI=1S/C18H16N2O5S.Na/c1-10-16(26-25-24-23)9-12-8-14(6-7-15(12)17(10)21)20-18(22)11-2-4-13(19)5-3-11;/h2-9,21,23H,19H2,1H3,(H,20,22);/q;+1/p-1. The van der Waals surface area contributed by atoms with Crippen molar-refractivity contribution in [3.05, 3.63) is 59.7 Å². The van der Waals surface area contributed by atoms with Crippen molar-refractivity contribution >= 4 is 40.1 Å². The summed E-state index contributed by atoms with van der Waals surface area (Å²) in [7, 11) is 0. The molecule has 3 rings (SSSR count). The van der Waals surface area contributed by atoms with Crippen molar-refractivity contribution in [3.8, 4) is 5.75 Å². The number of benzene rings is 3. The minimum atomic E-state index is -0.279. The van der Waals surface area contributed by atoms with Gasteiger partial charge in [-0.1, -0.05) is 0 Å². The fourth-order valence-electron chi connectivity index (χ4n) is 2.52. The molecule has 0 radical (unpaired) electrons. The summed E-state index contributed by atoms with van der Waals surface area (Å²) in [4.78, 5) is 12.8. The third-order valence-electron chi connectivity index (χ3n) is 3.90. The van der Waals surface area contributed by atoms with Gasteiger partial charge in [-0.25, -0.2) is 0 Å². The number of carbonyl (C=O) groups excluding carboxylic acids is 1. The van der Waals surface area contributed by atoms with Gasteiger partial charge in [0.15, 0.2) is 0 Å². The smallest absolute Gasteiger partial charge is 0.691 e. The maximum atomic E-state index is 12.3. The summed E-state index contributed by atoms with van der Waals surface area (Å²) in [5.74, 6) is -0.214. The summed E-state index contributed by atoms with van der Waals surface area (Å²) in [6.45, 7) is 1.70. The number of aromatic hydroxyl groups is 1. The van der Waals surface area contributed by atoms with E-state index in [4.69, 9.17) is 5.73 Å². The van der Waals surface area contributed by atoms with E-state index >= 15 is 0 Å². The van der Waals surface area contributed by atoms with Crippen molar-refractivity contribution in [2.24, 2.45) is 0 Å². The number of nitrogens with two attached hydrogens (primary N) is 1. The van der Waals surface area contributed by atoms with Crippen LogP contribution < -0.4 is 45.9 Å². The van der Waals surface area contributed by atoms with Gasteiger partial charge in [-0.2, -0.15) is 4.33 Å². The van der Waals surface area contributed by atoms with Crippen molar-refractivity contribution in [3.63, 3.8) is 0 Å². The molecular formula is C18H15N2NaO5S. The zero-order chi connectivity index (χ0) is 18.7. The van der Waals surface area contributed by atoms with Crippen LogP contribution in [-0.2, 0) is 9.37 Å². The van der Waals surface area contributed by atoms with Gasteiger partial charge in [0.1, 0.15) is 5.75 Å². The van der Waals surface area contributed by atoms with Gasteiger partial charge in [0.05, 0.1) is 12.0 Å². The Balaban J connectivity index is 0.00000261. The quantitative estimate of drug-likeness (QED) is 0.182. The first-order valence-electron chi connectivity index (χ1n) is 7.56. The molecule has 0 aliphatic carbocycles. The van der Waals surface area contributed by atoms with Gasteiger partial charge < -0.3 is 21.4 Å². The predicted molar refractivity (Wildman–Crippen MR) is 97.2 cm³/mol. The van der Waals surface area contributed by atoms with E-state index in [1.165, 1.54) is 0 Å². The van der Waals surface area contributed by atoms with Gasteiger partial charge in [0.25, 0.3) is 5.91 Å². The second-order valence-corrected chi connectivity index (χ2v) is 6.32. The summed E-state index contributed by atoms with van der Waals surface area (Å²) >= 11 is 0.700. The van der Waals surface area contributed by atoms with Gasteiger partial charge in [0.2, 0.25) is 0 Å². The Morgan fingerprint density at radius 1 is 1.19 bits per heavy atom. The molecule has 0 heterocycles. The SMILES string of the molecule is Cc1c(SOO[O-])cc2cc(NC(=O)c3ccc(N)cc3)ccc2c1O.[Na+]. The molecule has 0 saturated heterocycles. The molecule has 0 aromatic heterocycles. The molecule has 0 aliphatic rings. The van der Waals surface area contributed by atoms with Gasteiger partial charge in [-0.05, 0) is 60.8 Å². The Bertz CT molecular complexity index is 966. The van der Waals surface area contributed by atoms with Crippen LogP contribution in [0.25, 0.3) is 10.8 Å². The van der Waals surface area contributed by atoms with Crippen molar-refractivity contribution in [2.75, 3.05) is 11.1 Å². The summed E-state index contributed by atoms with van der Waals surface area (Å²) in [5, 5.41) is 27.8. The molecule has 7 nitrogen and oxygen atoms in total. The fraction of sp³-hybridized carbons (Fsp3) is 0.0556. The zero-order valence-electron chi connectivity index (χ0n) is 14.7. The van der Waals surface area contributed by atoms with Crippen LogP contribution in [0.2, 0.25) is 0 Å². The maximum Gasteiger partial charge on any atom is 1.00 e. The molecule has 0 unspecified atom stereocenters. The number of fused-ring (bicyclic) bond motifs is 1. The van der Waals surface area contributed by atoms with E-state index in [0.29, 0.717) is 50.2 Å². The van der Waals surface area contributed by atoms with Gasteiger partial charge in [-0.15, -0.1) is 0 Å². The molecule has 1 amide bonds.